The normalized spacial score (nSPS) is 12.4. The monoisotopic (exact) mass is 264 g/mol. The first kappa shape index (κ1) is 13.2. The molecule has 0 saturated heterocycles. The molecule has 0 bridgehead atoms. The summed E-state index contributed by atoms with van der Waals surface area (Å²) in [5.74, 6) is -1.00. The Kier molecular flexibility index (Phi) is 3.59. The number of methoxy groups -OCH3 is 1. The number of carbonyl (C=O) groups excluding carboxylic acids is 1. The molecule has 0 aliphatic carbocycles. The summed E-state index contributed by atoms with van der Waals surface area (Å²) in [6.07, 6.45) is -0.639. The predicted octanol–water partition coefficient (Wildman–Crippen LogP) is 1.22. The molecule has 0 N–H and O–H groups in total. The molecule has 0 spiro atoms. The fourth-order valence-electron chi connectivity index (χ4n) is 1.84. The Balaban J connectivity index is 2.44. The number of ether oxygens (including phenoxy) is 1. The van der Waals surface area contributed by atoms with E-state index in [1.807, 2.05) is 13.0 Å². The molecule has 0 aliphatic rings. The summed E-state index contributed by atoms with van der Waals surface area (Å²) in [7, 11) is 1.10. The average Bonchev–Trinajstić information content (AvgIpc) is 2.41. The lowest BCUT2D eigenvalue weighted by molar-refractivity contribution is -0.147. The molecule has 100 valence electrons. The number of hydrogen-bond acceptors (Lipinski definition) is 4. The number of carbonyl (C=O) groups is 1. The molecule has 0 fully saturated rings. The van der Waals surface area contributed by atoms with Crippen molar-refractivity contribution in [3.63, 3.8) is 0 Å². The van der Waals surface area contributed by atoms with Gasteiger partial charge in [-0.25, -0.2) is 14.2 Å². The van der Waals surface area contributed by atoms with Crippen LogP contribution in [-0.2, 0) is 16.1 Å². The lowest BCUT2D eigenvalue weighted by atomic mass is 10.1. The van der Waals surface area contributed by atoms with Crippen molar-refractivity contribution in [1.29, 1.82) is 0 Å². The zero-order valence-corrected chi connectivity index (χ0v) is 10.6. The highest BCUT2D eigenvalue weighted by Crippen LogP contribution is 2.11. The van der Waals surface area contributed by atoms with Crippen molar-refractivity contribution in [3.05, 3.63) is 40.4 Å². The number of nitrogens with zero attached hydrogens (tertiary/aromatic N) is 2. The molecule has 5 nitrogen and oxygen atoms in total. The predicted molar refractivity (Wildman–Crippen MR) is 67.7 cm³/mol. The highest BCUT2D eigenvalue weighted by molar-refractivity contribution is 5.80. The first-order chi connectivity index (χ1) is 9.04. The summed E-state index contributed by atoms with van der Waals surface area (Å²) in [6.45, 7) is 1.44. The van der Waals surface area contributed by atoms with Gasteiger partial charge in [0.25, 0.3) is 5.56 Å². The highest BCUT2D eigenvalue weighted by atomic mass is 19.1. The Morgan fingerprint density at radius 1 is 1.53 bits per heavy atom. The molecular weight excluding hydrogens is 251 g/mol. The van der Waals surface area contributed by atoms with E-state index in [4.69, 9.17) is 0 Å². The van der Waals surface area contributed by atoms with Crippen molar-refractivity contribution in [3.8, 4) is 0 Å². The molecule has 2 rings (SSSR count). The summed E-state index contributed by atoms with van der Waals surface area (Å²) >= 11 is 0. The van der Waals surface area contributed by atoms with Crippen LogP contribution in [0, 0.1) is 6.92 Å². The third-order valence-corrected chi connectivity index (χ3v) is 2.87. The van der Waals surface area contributed by atoms with Gasteiger partial charge in [-0.2, -0.15) is 0 Å². The number of esters is 1. The number of aryl methyl sites for hydroxylation is 1. The van der Waals surface area contributed by atoms with E-state index in [2.05, 4.69) is 9.72 Å². The van der Waals surface area contributed by atoms with Gasteiger partial charge in [-0.05, 0) is 18.6 Å². The van der Waals surface area contributed by atoms with E-state index in [-0.39, 0.29) is 5.56 Å². The minimum atomic E-state index is -1.88. The van der Waals surface area contributed by atoms with Gasteiger partial charge in [0.2, 0.25) is 6.17 Å². The number of fused-ring (bicyclic) bond motifs is 1. The molecular formula is C13H13FN2O3. The number of para-hydroxylation sites is 1. The Bertz CT molecular complexity index is 681. The number of alkyl halides is 1. The Morgan fingerprint density at radius 2 is 2.26 bits per heavy atom. The Labute approximate surface area is 108 Å². The standard InChI is InChI=1S/C13H13FN2O3/c1-8-4-3-5-9-11(8)15-7-16(12(9)17)6-10(14)13(18)19-2/h3-5,7,10H,6H2,1-2H3/t10-/m0/s1. The molecule has 1 aromatic heterocycles. The molecule has 2 aromatic rings. The quantitative estimate of drug-likeness (QED) is 0.782. The molecule has 0 aliphatic heterocycles. The van der Waals surface area contributed by atoms with Crippen LogP contribution in [0.2, 0.25) is 0 Å². The van der Waals surface area contributed by atoms with Crippen molar-refractivity contribution < 1.29 is 13.9 Å². The minimum absolute atomic E-state index is 0.375. The van der Waals surface area contributed by atoms with Crippen LogP contribution in [0.3, 0.4) is 0 Å². The summed E-state index contributed by atoms with van der Waals surface area (Å²) < 4.78 is 18.8. The third kappa shape index (κ3) is 2.47. The van der Waals surface area contributed by atoms with Crippen LogP contribution in [-0.4, -0.2) is 28.8 Å². The van der Waals surface area contributed by atoms with E-state index in [0.717, 1.165) is 17.2 Å². The van der Waals surface area contributed by atoms with E-state index in [0.29, 0.717) is 10.9 Å². The second kappa shape index (κ2) is 5.17. The van der Waals surface area contributed by atoms with Crippen LogP contribution in [0.25, 0.3) is 10.9 Å². The van der Waals surface area contributed by atoms with Crippen LogP contribution in [0.15, 0.2) is 29.3 Å². The van der Waals surface area contributed by atoms with E-state index >= 15 is 0 Å². The minimum Gasteiger partial charge on any atom is -0.467 e. The molecule has 0 saturated carbocycles. The molecule has 1 atom stereocenters. The van der Waals surface area contributed by atoms with Gasteiger partial charge < -0.3 is 4.74 Å². The van der Waals surface area contributed by atoms with Crippen LogP contribution in [0.5, 0.6) is 0 Å². The second-order valence-electron chi connectivity index (χ2n) is 4.16. The van der Waals surface area contributed by atoms with Crippen molar-refractivity contribution in [2.45, 2.75) is 19.6 Å². The SMILES string of the molecule is COC(=O)[C@@H](F)Cn1cnc2c(C)cccc2c1=O. The van der Waals surface area contributed by atoms with Gasteiger partial charge in [-0.15, -0.1) is 0 Å². The molecule has 0 radical (unpaired) electrons. The number of benzene rings is 1. The van der Waals surface area contributed by atoms with Gasteiger partial charge in [0.15, 0.2) is 0 Å². The van der Waals surface area contributed by atoms with Gasteiger partial charge in [-0.1, -0.05) is 12.1 Å². The second-order valence-corrected chi connectivity index (χ2v) is 4.16. The van der Waals surface area contributed by atoms with Gasteiger partial charge in [0, 0.05) is 0 Å². The van der Waals surface area contributed by atoms with Crippen LogP contribution in [0.1, 0.15) is 5.56 Å². The maximum atomic E-state index is 13.5. The van der Waals surface area contributed by atoms with Gasteiger partial charge in [0.05, 0.1) is 30.9 Å². The van der Waals surface area contributed by atoms with Gasteiger partial charge in [0.1, 0.15) is 0 Å². The maximum absolute atomic E-state index is 13.5. The summed E-state index contributed by atoms with van der Waals surface area (Å²) in [5.41, 5.74) is 1.07. The molecule has 0 amide bonds. The topological polar surface area (TPSA) is 61.2 Å². The lowest BCUT2D eigenvalue weighted by Gasteiger charge is -2.09. The van der Waals surface area contributed by atoms with Crippen molar-refractivity contribution in [2.24, 2.45) is 0 Å². The maximum Gasteiger partial charge on any atom is 0.342 e. The number of halogens is 1. The number of hydrogen-bond donors (Lipinski definition) is 0. The van der Waals surface area contributed by atoms with Crippen LogP contribution in [0.4, 0.5) is 4.39 Å². The summed E-state index contributed by atoms with van der Waals surface area (Å²) in [5, 5.41) is 0.402. The fourth-order valence-corrected chi connectivity index (χ4v) is 1.84. The summed E-state index contributed by atoms with van der Waals surface area (Å²) in [4.78, 5) is 27.3. The smallest absolute Gasteiger partial charge is 0.342 e. The Hall–Kier alpha value is -2.24. The first-order valence-corrected chi connectivity index (χ1v) is 5.71. The molecule has 19 heavy (non-hydrogen) atoms. The van der Waals surface area contributed by atoms with E-state index < -0.39 is 18.7 Å². The molecule has 6 heteroatoms. The molecule has 0 unspecified atom stereocenters. The largest absolute Gasteiger partial charge is 0.467 e. The molecule has 1 heterocycles. The molecule has 1 aromatic carbocycles. The van der Waals surface area contributed by atoms with Crippen molar-refractivity contribution >= 4 is 16.9 Å². The van der Waals surface area contributed by atoms with E-state index in [9.17, 15) is 14.0 Å². The Morgan fingerprint density at radius 3 is 2.95 bits per heavy atom. The zero-order chi connectivity index (χ0) is 14.0. The average molecular weight is 264 g/mol. The lowest BCUT2D eigenvalue weighted by Crippen LogP contribution is -2.30. The zero-order valence-electron chi connectivity index (χ0n) is 10.6. The number of aromatic nitrogens is 2. The van der Waals surface area contributed by atoms with Crippen LogP contribution < -0.4 is 5.56 Å². The third-order valence-electron chi connectivity index (χ3n) is 2.87. The fraction of sp³-hybridized carbons (Fsp3) is 0.308. The van der Waals surface area contributed by atoms with E-state index in [1.165, 1.54) is 6.33 Å². The summed E-state index contributed by atoms with van der Waals surface area (Å²) in [6, 6.07) is 5.20. The number of rotatable bonds is 3. The first-order valence-electron chi connectivity index (χ1n) is 5.71. The van der Waals surface area contributed by atoms with Gasteiger partial charge >= 0.3 is 5.97 Å². The van der Waals surface area contributed by atoms with Crippen LogP contribution >= 0.6 is 0 Å². The van der Waals surface area contributed by atoms with E-state index in [1.54, 1.807) is 12.1 Å². The highest BCUT2D eigenvalue weighted by Gasteiger charge is 2.19. The van der Waals surface area contributed by atoms with Crippen molar-refractivity contribution in [1.82, 2.24) is 9.55 Å². The van der Waals surface area contributed by atoms with Gasteiger partial charge in [-0.3, -0.25) is 9.36 Å². The van der Waals surface area contributed by atoms with Crippen molar-refractivity contribution in [2.75, 3.05) is 7.11 Å².